The van der Waals surface area contributed by atoms with Gasteiger partial charge in [0.1, 0.15) is 17.3 Å². The number of rotatable bonds is 2. The number of nitrogens with zero attached hydrogens (tertiary/aromatic N) is 4. The Balaban J connectivity index is 2.28. The second kappa shape index (κ2) is 4.73. The highest BCUT2D eigenvalue weighted by atomic mass is 19.1. The predicted octanol–water partition coefficient (Wildman–Crippen LogP) is 2.52. The lowest BCUT2D eigenvalue weighted by atomic mass is 10.0. The molecule has 0 saturated carbocycles. The highest BCUT2D eigenvalue weighted by Gasteiger charge is 2.20. The largest absolute Gasteiger partial charge is 0.383 e. The van der Waals surface area contributed by atoms with Crippen LogP contribution in [0, 0.1) is 12.7 Å². The van der Waals surface area contributed by atoms with Gasteiger partial charge >= 0.3 is 0 Å². The summed E-state index contributed by atoms with van der Waals surface area (Å²) < 4.78 is 16.9. The summed E-state index contributed by atoms with van der Waals surface area (Å²) in [5.74, 6) is 0.198. The summed E-state index contributed by atoms with van der Waals surface area (Å²) in [7, 11) is 3.62. The molecule has 3 aromatic rings. The molecule has 0 aliphatic heterocycles. The van der Waals surface area contributed by atoms with Crippen molar-refractivity contribution in [1.29, 1.82) is 0 Å². The topological polar surface area (TPSA) is 61.7 Å². The summed E-state index contributed by atoms with van der Waals surface area (Å²) in [6.45, 7) is 1.91. The molecule has 0 atom stereocenters. The maximum absolute atomic E-state index is 13.5. The van der Waals surface area contributed by atoms with Gasteiger partial charge in [-0.05, 0) is 24.6 Å². The van der Waals surface area contributed by atoms with Crippen molar-refractivity contribution in [3.63, 3.8) is 0 Å². The van der Waals surface area contributed by atoms with Crippen molar-refractivity contribution in [2.24, 2.45) is 14.1 Å². The quantitative estimate of drug-likeness (QED) is 0.787. The van der Waals surface area contributed by atoms with E-state index in [1.54, 1.807) is 22.5 Å². The maximum atomic E-state index is 13.5. The molecule has 3 rings (SSSR count). The Morgan fingerprint density at radius 1 is 1.19 bits per heavy atom. The molecule has 2 aromatic heterocycles. The number of nitrogen functional groups attached to an aromatic ring is 1. The van der Waals surface area contributed by atoms with Crippen LogP contribution in [0.5, 0.6) is 0 Å². The molecule has 21 heavy (non-hydrogen) atoms. The minimum Gasteiger partial charge on any atom is -0.383 e. The van der Waals surface area contributed by atoms with Gasteiger partial charge in [0.2, 0.25) is 0 Å². The lowest BCUT2D eigenvalue weighted by Gasteiger charge is -2.04. The highest BCUT2D eigenvalue weighted by Crippen LogP contribution is 2.36. The fourth-order valence-electron chi connectivity index (χ4n) is 2.49. The Morgan fingerprint density at radius 2 is 1.95 bits per heavy atom. The van der Waals surface area contributed by atoms with E-state index in [4.69, 9.17) is 5.73 Å². The van der Waals surface area contributed by atoms with Crippen molar-refractivity contribution in [1.82, 2.24) is 19.6 Å². The summed E-state index contributed by atoms with van der Waals surface area (Å²) >= 11 is 0. The molecule has 0 radical (unpaired) electrons. The van der Waals surface area contributed by atoms with Crippen LogP contribution in [-0.2, 0) is 14.1 Å². The molecule has 2 heterocycles. The minimum absolute atomic E-state index is 0.301. The normalized spacial score (nSPS) is 11.0. The van der Waals surface area contributed by atoms with Crippen LogP contribution in [0.15, 0.2) is 30.5 Å². The monoisotopic (exact) mass is 285 g/mol. The average molecular weight is 285 g/mol. The Morgan fingerprint density at radius 3 is 2.57 bits per heavy atom. The fraction of sp³-hybridized carbons (Fsp3) is 0.200. The van der Waals surface area contributed by atoms with Gasteiger partial charge in [0.25, 0.3) is 0 Å². The van der Waals surface area contributed by atoms with Gasteiger partial charge in [-0.1, -0.05) is 12.1 Å². The molecule has 0 aliphatic rings. The zero-order valence-corrected chi connectivity index (χ0v) is 12.1. The van der Waals surface area contributed by atoms with Crippen LogP contribution in [0.2, 0.25) is 0 Å². The molecule has 0 unspecified atom stereocenters. The molecular weight excluding hydrogens is 269 g/mol. The molecule has 0 fully saturated rings. The molecular formula is C15H16FN5. The summed E-state index contributed by atoms with van der Waals surface area (Å²) in [4.78, 5) is 0. The predicted molar refractivity (Wildman–Crippen MR) is 80.0 cm³/mol. The number of benzene rings is 1. The van der Waals surface area contributed by atoms with Gasteiger partial charge in [0, 0.05) is 25.9 Å². The third-order valence-electron chi connectivity index (χ3n) is 3.47. The third kappa shape index (κ3) is 2.18. The van der Waals surface area contributed by atoms with Crippen molar-refractivity contribution in [3.05, 3.63) is 42.0 Å². The summed E-state index contributed by atoms with van der Waals surface area (Å²) in [5, 5.41) is 8.81. The van der Waals surface area contributed by atoms with Crippen molar-refractivity contribution in [2.75, 3.05) is 5.73 Å². The number of hydrogen-bond donors (Lipinski definition) is 1. The van der Waals surface area contributed by atoms with E-state index in [1.807, 2.05) is 26.2 Å². The van der Waals surface area contributed by atoms with Gasteiger partial charge in [-0.2, -0.15) is 10.2 Å². The second-order valence-electron chi connectivity index (χ2n) is 5.04. The number of anilines is 1. The molecule has 0 aliphatic carbocycles. The van der Waals surface area contributed by atoms with E-state index >= 15 is 0 Å². The number of nitrogens with two attached hydrogens (primary N) is 1. The van der Waals surface area contributed by atoms with Gasteiger partial charge < -0.3 is 5.73 Å². The number of aromatic nitrogens is 4. The van der Waals surface area contributed by atoms with Gasteiger partial charge in [-0.25, -0.2) is 4.39 Å². The third-order valence-corrected chi connectivity index (χ3v) is 3.47. The molecule has 0 bridgehead atoms. The zero-order chi connectivity index (χ0) is 15.1. The van der Waals surface area contributed by atoms with E-state index in [0.29, 0.717) is 17.1 Å². The summed E-state index contributed by atoms with van der Waals surface area (Å²) in [5.41, 5.74) is 10.0. The Bertz CT molecular complexity index is 816. The van der Waals surface area contributed by atoms with E-state index < -0.39 is 0 Å². The van der Waals surface area contributed by atoms with E-state index in [2.05, 4.69) is 10.2 Å². The number of halogens is 1. The first-order valence-electron chi connectivity index (χ1n) is 6.56. The van der Waals surface area contributed by atoms with Crippen LogP contribution >= 0.6 is 0 Å². The van der Waals surface area contributed by atoms with E-state index in [9.17, 15) is 4.39 Å². The molecule has 2 N–H and O–H groups in total. The maximum Gasteiger partial charge on any atom is 0.129 e. The first kappa shape index (κ1) is 13.4. The Kier molecular flexibility index (Phi) is 3.01. The van der Waals surface area contributed by atoms with Crippen LogP contribution in [0.1, 0.15) is 5.69 Å². The molecule has 0 amide bonds. The molecule has 0 spiro atoms. The van der Waals surface area contributed by atoms with Gasteiger partial charge in [-0.3, -0.25) is 9.36 Å². The average Bonchev–Trinajstić information content (AvgIpc) is 2.90. The summed E-state index contributed by atoms with van der Waals surface area (Å²) in [6.07, 6.45) is 1.89. The Hall–Kier alpha value is -2.63. The van der Waals surface area contributed by atoms with Gasteiger partial charge in [-0.15, -0.1) is 0 Å². The van der Waals surface area contributed by atoms with Gasteiger partial charge in [0.05, 0.1) is 11.3 Å². The first-order chi connectivity index (χ1) is 9.97. The molecule has 108 valence electrons. The van der Waals surface area contributed by atoms with Crippen molar-refractivity contribution in [3.8, 4) is 22.4 Å². The van der Waals surface area contributed by atoms with Crippen molar-refractivity contribution in [2.45, 2.75) is 6.92 Å². The zero-order valence-electron chi connectivity index (χ0n) is 12.1. The number of hydrogen-bond acceptors (Lipinski definition) is 3. The smallest absolute Gasteiger partial charge is 0.129 e. The molecule has 5 nitrogen and oxygen atoms in total. The van der Waals surface area contributed by atoms with Crippen LogP contribution in [0.4, 0.5) is 10.2 Å². The van der Waals surface area contributed by atoms with Crippen LogP contribution in [-0.4, -0.2) is 19.6 Å². The SMILES string of the molecule is Cc1nn(C)cc1-c1nn(C)c(N)c1-c1cccc(F)c1. The first-order valence-corrected chi connectivity index (χ1v) is 6.56. The minimum atomic E-state index is -0.301. The Labute approximate surface area is 121 Å². The van der Waals surface area contributed by atoms with E-state index in [1.165, 1.54) is 12.1 Å². The van der Waals surface area contributed by atoms with Crippen molar-refractivity contribution < 1.29 is 4.39 Å². The lowest BCUT2D eigenvalue weighted by Crippen LogP contribution is -1.98. The van der Waals surface area contributed by atoms with Crippen LogP contribution in [0.25, 0.3) is 22.4 Å². The lowest BCUT2D eigenvalue weighted by molar-refractivity contribution is 0.628. The molecule has 6 heteroatoms. The van der Waals surface area contributed by atoms with Crippen LogP contribution in [0.3, 0.4) is 0 Å². The summed E-state index contributed by atoms with van der Waals surface area (Å²) in [6, 6.07) is 6.36. The second-order valence-corrected chi connectivity index (χ2v) is 5.04. The standard InChI is InChI=1S/C15H16FN5/c1-9-12(8-20(2)18-9)14-13(15(17)21(3)19-14)10-5-4-6-11(16)7-10/h4-8H,17H2,1-3H3. The highest BCUT2D eigenvalue weighted by molar-refractivity contribution is 5.88. The molecule has 0 saturated heterocycles. The van der Waals surface area contributed by atoms with Crippen molar-refractivity contribution >= 4 is 5.82 Å². The molecule has 1 aromatic carbocycles. The van der Waals surface area contributed by atoms with Crippen LogP contribution < -0.4 is 5.73 Å². The van der Waals surface area contributed by atoms with Gasteiger partial charge in [0.15, 0.2) is 0 Å². The fourth-order valence-corrected chi connectivity index (χ4v) is 2.49. The van der Waals surface area contributed by atoms with E-state index in [0.717, 1.165) is 16.8 Å². The number of aryl methyl sites for hydroxylation is 3. The van der Waals surface area contributed by atoms with E-state index in [-0.39, 0.29) is 5.82 Å².